The Morgan fingerprint density at radius 2 is 1.71 bits per heavy atom. The van der Waals surface area contributed by atoms with Crippen molar-refractivity contribution in [3.05, 3.63) is 47.0 Å². The van der Waals surface area contributed by atoms with Gasteiger partial charge in [0.15, 0.2) is 5.13 Å². The van der Waals surface area contributed by atoms with Crippen molar-refractivity contribution >= 4 is 34.4 Å². The minimum atomic E-state index is -5.21. The van der Waals surface area contributed by atoms with Crippen molar-refractivity contribution in [3.8, 4) is 0 Å². The van der Waals surface area contributed by atoms with E-state index in [1.807, 2.05) is 0 Å². The molecule has 0 aliphatic heterocycles. The average molecular weight is 459 g/mol. The van der Waals surface area contributed by atoms with E-state index in [1.165, 1.54) is 31.3 Å². The highest BCUT2D eigenvalue weighted by molar-refractivity contribution is 7.15. The number of carbonyl (C=O) groups excluding carboxylic acids is 3. The summed E-state index contributed by atoms with van der Waals surface area (Å²) < 4.78 is 51.9. The van der Waals surface area contributed by atoms with E-state index in [1.54, 1.807) is 12.2 Å². The van der Waals surface area contributed by atoms with Gasteiger partial charge in [0.05, 0.1) is 19.6 Å². The quantitative estimate of drug-likeness (QED) is 0.586. The number of urea groups is 1. The van der Waals surface area contributed by atoms with Crippen molar-refractivity contribution < 1.29 is 37.0 Å². The fourth-order valence-electron chi connectivity index (χ4n) is 2.62. The van der Waals surface area contributed by atoms with Crippen LogP contribution in [0.25, 0.3) is 0 Å². The molecule has 1 heterocycles. The first-order valence-corrected chi connectivity index (χ1v) is 9.94. The number of carbonyl (C=O) groups is 3. The van der Waals surface area contributed by atoms with Gasteiger partial charge in [-0.05, 0) is 19.4 Å². The van der Waals surface area contributed by atoms with Crippen molar-refractivity contribution in [1.82, 2.24) is 10.3 Å². The molecule has 1 aromatic carbocycles. The molecule has 31 heavy (non-hydrogen) atoms. The highest BCUT2D eigenvalue weighted by atomic mass is 32.1. The molecule has 1 aromatic heterocycles. The summed E-state index contributed by atoms with van der Waals surface area (Å²) in [6.07, 6.45) is -4.03. The molecule has 0 bridgehead atoms. The highest BCUT2D eigenvalue weighted by Crippen LogP contribution is 2.40. The van der Waals surface area contributed by atoms with Crippen LogP contribution in [0.3, 0.4) is 0 Å². The van der Waals surface area contributed by atoms with Crippen LogP contribution < -0.4 is 10.6 Å². The number of ether oxygens (including phenoxy) is 2. The summed E-state index contributed by atoms with van der Waals surface area (Å²) >= 11 is 0.882. The number of halogens is 3. The summed E-state index contributed by atoms with van der Waals surface area (Å²) in [6, 6.07) is 4.87. The molecule has 2 N–H and O–H groups in total. The lowest BCUT2D eigenvalue weighted by Crippen LogP contribution is -2.62. The first-order valence-electron chi connectivity index (χ1n) is 9.13. The minimum absolute atomic E-state index is 0.0650. The van der Waals surface area contributed by atoms with Crippen molar-refractivity contribution in [1.29, 1.82) is 0 Å². The van der Waals surface area contributed by atoms with Crippen LogP contribution in [0.5, 0.6) is 0 Å². The van der Waals surface area contributed by atoms with Gasteiger partial charge in [-0.1, -0.05) is 30.3 Å². The van der Waals surface area contributed by atoms with E-state index >= 15 is 0 Å². The number of thiazole rings is 1. The van der Waals surface area contributed by atoms with Crippen LogP contribution in [-0.2, 0) is 31.0 Å². The third-order valence-corrected chi connectivity index (χ3v) is 4.83. The second-order valence-electron chi connectivity index (χ2n) is 6.03. The zero-order valence-electron chi connectivity index (χ0n) is 16.6. The smallest absolute Gasteiger partial charge is 0.426 e. The second kappa shape index (κ2) is 10.2. The average Bonchev–Trinajstić information content (AvgIpc) is 3.12. The summed E-state index contributed by atoms with van der Waals surface area (Å²) in [6.45, 7) is 2.87. The topological polar surface area (TPSA) is 107 Å². The molecule has 0 unspecified atom stereocenters. The van der Waals surface area contributed by atoms with Gasteiger partial charge in [0.1, 0.15) is 0 Å². The summed E-state index contributed by atoms with van der Waals surface area (Å²) in [7, 11) is 0. The lowest BCUT2D eigenvalue weighted by molar-refractivity contribution is -0.213. The Morgan fingerprint density at radius 3 is 2.29 bits per heavy atom. The highest BCUT2D eigenvalue weighted by Gasteiger charge is 2.64. The van der Waals surface area contributed by atoms with Crippen LogP contribution >= 0.6 is 11.3 Å². The monoisotopic (exact) mass is 459 g/mol. The van der Waals surface area contributed by atoms with Gasteiger partial charge < -0.3 is 14.8 Å². The van der Waals surface area contributed by atoms with Gasteiger partial charge >= 0.3 is 24.1 Å². The summed E-state index contributed by atoms with van der Waals surface area (Å²) in [5.74, 6) is -2.18. The van der Waals surface area contributed by atoms with Gasteiger partial charge in [-0.25, -0.2) is 14.6 Å². The Hall–Kier alpha value is -3.15. The molecule has 12 heteroatoms. The third-order valence-electron chi connectivity index (χ3n) is 3.91. The molecule has 0 aliphatic rings. The number of anilines is 1. The number of esters is 2. The Bertz CT molecular complexity index is 920. The number of nitrogens with zero attached hydrogens (tertiary/aromatic N) is 1. The zero-order chi connectivity index (χ0) is 23.1. The first kappa shape index (κ1) is 24.1. The molecule has 0 saturated heterocycles. The van der Waals surface area contributed by atoms with Crippen molar-refractivity contribution in [3.63, 3.8) is 0 Å². The summed E-state index contributed by atoms with van der Waals surface area (Å²) in [4.78, 5) is 40.7. The lowest BCUT2D eigenvalue weighted by Gasteiger charge is -2.34. The van der Waals surface area contributed by atoms with Gasteiger partial charge in [0, 0.05) is 11.1 Å². The van der Waals surface area contributed by atoms with Gasteiger partial charge in [0.2, 0.25) is 0 Å². The van der Waals surface area contributed by atoms with E-state index in [2.05, 4.69) is 15.0 Å². The van der Waals surface area contributed by atoms with Crippen molar-refractivity contribution in [2.24, 2.45) is 0 Å². The predicted octanol–water partition coefficient (Wildman–Crippen LogP) is 3.39. The van der Waals surface area contributed by atoms with Crippen LogP contribution in [0, 0.1) is 0 Å². The summed E-state index contributed by atoms with van der Waals surface area (Å²) in [5, 5.41) is 3.81. The number of benzene rings is 1. The standard InChI is InChI=1S/C19H20F3N3O5S/c1-3-29-14(26)10-13-11-23-17(31-13)24-16(28)25-18(19(20,21)22,15(27)30-4-2)12-8-6-5-7-9-12/h5-9,11H,3-4,10H2,1-2H3,(H2,23,24,25,28)/t18-/m0/s1. The second-order valence-corrected chi connectivity index (χ2v) is 7.14. The van der Waals surface area contributed by atoms with E-state index in [0.717, 1.165) is 23.5 Å². The van der Waals surface area contributed by atoms with Crippen LogP contribution in [-0.4, -0.2) is 42.3 Å². The Balaban J connectivity index is 2.29. The van der Waals surface area contributed by atoms with E-state index < -0.39 is 35.2 Å². The number of hydrogen-bond acceptors (Lipinski definition) is 7. The largest absolute Gasteiger partial charge is 0.466 e. The normalized spacial score (nSPS) is 13.1. The van der Waals surface area contributed by atoms with Gasteiger partial charge in [-0.2, -0.15) is 13.2 Å². The third kappa shape index (κ3) is 5.72. The molecule has 0 saturated carbocycles. The van der Waals surface area contributed by atoms with Crippen molar-refractivity contribution in [2.45, 2.75) is 32.0 Å². The molecule has 0 aliphatic carbocycles. The Kier molecular flexibility index (Phi) is 7.97. The first-order chi connectivity index (χ1) is 14.6. The predicted molar refractivity (Wildman–Crippen MR) is 105 cm³/mol. The van der Waals surface area contributed by atoms with E-state index in [9.17, 15) is 27.6 Å². The summed E-state index contributed by atoms with van der Waals surface area (Å²) in [5.41, 5.74) is -3.95. The van der Waals surface area contributed by atoms with Crippen LogP contribution in [0.15, 0.2) is 36.5 Å². The van der Waals surface area contributed by atoms with Gasteiger partial charge in [0.25, 0.3) is 5.54 Å². The molecular formula is C19H20F3N3O5S. The van der Waals surface area contributed by atoms with E-state index in [-0.39, 0.29) is 24.8 Å². The van der Waals surface area contributed by atoms with Crippen LogP contribution in [0.1, 0.15) is 24.3 Å². The molecule has 2 amide bonds. The number of alkyl halides is 3. The minimum Gasteiger partial charge on any atom is -0.466 e. The van der Waals surface area contributed by atoms with Gasteiger partial charge in [-0.15, -0.1) is 11.3 Å². The molecule has 0 spiro atoms. The molecule has 168 valence electrons. The molecule has 1 atom stereocenters. The van der Waals surface area contributed by atoms with Gasteiger partial charge in [-0.3, -0.25) is 10.1 Å². The molecule has 2 aromatic rings. The fourth-order valence-corrected chi connectivity index (χ4v) is 3.41. The number of hydrogen-bond donors (Lipinski definition) is 2. The van der Waals surface area contributed by atoms with Crippen molar-refractivity contribution in [2.75, 3.05) is 18.5 Å². The van der Waals surface area contributed by atoms with E-state index in [0.29, 0.717) is 4.88 Å². The number of nitrogens with one attached hydrogen (secondary N) is 2. The van der Waals surface area contributed by atoms with Crippen LogP contribution in [0.2, 0.25) is 0 Å². The fraction of sp³-hybridized carbons (Fsp3) is 0.368. The zero-order valence-corrected chi connectivity index (χ0v) is 17.4. The number of aromatic nitrogens is 1. The molecular weight excluding hydrogens is 439 g/mol. The maximum Gasteiger partial charge on any atom is 0.426 e. The maximum absolute atomic E-state index is 14.1. The SMILES string of the molecule is CCOC(=O)Cc1cnc(NC(=O)N[C@](C(=O)OCC)(c2ccccc2)C(F)(F)F)s1. The van der Waals surface area contributed by atoms with E-state index in [4.69, 9.17) is 4.74 Å². The number of rotatable bonds is 8. The number of amides is 2. The molecule has 2 rings (SSSR count). The Morgan fingerprint density at radius 1 is 1.06 bits per heavy atom. The molecule has 8 nitrogen and oxygen atoms in total. The maximum atomic E-state index is 14.1. The van der Waals surface area contributed by atoms with Crippen LogP contribution in [0.4, 0.5) is 23.1 Å². The Labute approximate surface area is 179 Å². The molecule has 0 fully saturated rings. The molecule has 0 radical (unpaired) electrons. The lowest BCUT2D eigenvalue weighted by atomic mass is 9.89.